The second kappa shape index (κ2) is 11.9. The number of guanidine groups is 1. The highest BCUT2D eigenvalue weighted by atomic mass is 16.2. The van der Waals surface area contributed by atoms with Crippen molar-refractivity contribution >= 4 is 17.8 Å². The number of carbonyl (C=O) groups is 2. The molecule has 8 heteroatoms. The van der Waals surface area contributed by atoms with E-state index >= 15 is 0 Å². The van der Waals surface area contributed by atoms with Crippen LogP contribution in [0.25, 0.3) is 0 Å². The monoisotopic (exact) mass is 444 g/mol. The molecule has 1 aliphatic rings. The third kappa shape index (κ3) is 8.86. The van der Waals surface area contributed by atoms with Gasteiger partial charge in [-0.05, 0) is 58.2 Å². The maximum absolute atomic E-state index is 12.3. The number of hydrogen-bond donors (Lipinski definition) is 3. The Bertz CT molecular complexity index is 802. The van der Waals surface area contributed by atoms with E-state index in [9.17, 15) is 9.59 Å². The topological polar surface area (TPSA) is 103 Å². The highest BCUT2D eigenvalue weighted by molar-refractivity contribution is 5.86. The van der Waals surface area contributed by atoms with Gasteiger partial charge in [0, 0.05) is 32.2 Å². The lowest BCUT2D eigenvalue weighted by Crippen LogP contribution is -2.48. The zero-order chi connectivity index (χ0) is 23.7. The SMILES string of the molecule is CCNC(=NCc1cccc(CN2CCCC(C(N)=O)C2)c1)N(C)CC(=O)NC(C)(C)C. The maximum Gasteiger partial charge on any atom is 0.240 e. The van der Waals surface area contributed by atoms with Crippen LogP contribution in [-0.4, -0.2) is 66.3 Å². The van der Waals surface area contributed by atoms with Crippen molar-refractivity contribution in [2.75, 3.05) is 33.2 Å². The standard InChI is InChI=1S/C24H40N6O2/c1-6-26-23(29(5)17-21(31)28-24(2,3)4)27-14-18-9-7-10-19(13-18)15-30-12-8-11-20(16-30)22(25)32/h7,9-10,13,20H,6,8,11-12,14-17H2,1-5H3,(H2,25,32)(H,26,27)(H,28,31). The molecule has 1 fully saturated rings. The molecule has 1 aromatic carbocycles. The largest absolute Gasteiger partial charge is 0.369 e. The molecule has 178 valence electrons. The van der Waals surface area contributed by atoms with Crippen molar-refractivity contribution in [1.82, 2.24) is 20.4 Å². The van der Waals surface area contributed by atoms with Gasteiger partial charge in [-0.15, -0.1) is 0 Å². The molecule has 0 aliphatic carbocycles. The van der Waals surface area contributed by atoms with E-state index in [1.54, 1.807) is 0 Å². The molecule has 32 heavy (non-hydrogen) atoms. The molecular formula is C24H40N6O2. The van der Waals surface area contributed by atoms with Crippen molar-refractivity contribution in [2.45, 2.75) is 59.2 Å². The number of hydrogen-bond acceptors (Lipinski definition) is 4. The summed E-state index contributed by atoms with van der Waals surface area (Å²) >= 11 is 0. The second-order valence-electron chi connectivity index (χ2n) is 9.62. The van der Waals surface area contributed by atoms with Crippen LogP contribution in [0.2, 0.25) is 0 Å². The van der Waals surface area contributed by atoms with Gasteiger partial charge >= 0.3 is 0 Å². The van der Waals surface area contributed by atoms with Crippen molar-refractivity contribution in [3.8, 4) is 0 Å². The number of benzene rings is 1. The van der Waals surface area contributed by atoms with Crippen LogP contribution in [-0.2, 0) is 22.7 Å². The number of primary amides is 1. The molecule has 0 radical (unpaired) electrons. The number of nitrogens with two attached hydrogens (primary N) is 1. The third-order valence-corrected chi connectivity index (χ3v) is 5.31. The van der Waals surface area contributed by atoms with Gasteiger partial charge < -0.3 is 21.3 Å². The Morgan fingerprint density at radius 1 is 1.28 bits per heavy atom. The maximum atomic E-state index is 12.3. The van der Waals surface area contributed by atoms with Crippen LogP contribution in [0.15, 0.2) is 29.3 Å². The van der Waals surface area contributed by atoms with Gasteiger partial charge in [-0.25, -0.2) is 4.99 Å². The fourth-order valence-electron chi connectivity index (χ4n) is 3.90. The fraction of sp³-hybridized carbons (Fsp3) is 0.625. The first-order valence-electron chi connectivity index (χ1n) is 11.5. The number of rotatable bonds is 8. The second-order valence-corrected chi connectivity index (χ2v) is 9.62. The van der Waals surface area contributed by atoms with Gasteiger partial charge in [0.1, 0.15) is 0 Å². The van der Waals surface area contributed by atoms with E-state index in [4.69, 9.17) is 10.7 Å². The molecule has 1 aliphatic heterocycles. The number of aliphatic imine (C=N–C) groups is 1. The predicted octanol–water partition coefficient (Wildman–Crippen LogP) is 1.70. The molecule has 0 bridgehead atoms. The van der Waals surface area contributed by atoms with Crippen LogP contribution in [0.4, 0.5) is 0 Å². The average molecular weight is 445 g/mol. The minimum atomic E-state index is -0.264. The molecule has 0 saturated carbocycles. The molecule has 1 heterocycles. The highest BCUT2D eigenvalue weighted by Crippen LogP contribution is 2.19. The Hall–Kier alpha value is -2.61. The summed E-state index contributed by atoms with van der Waals surface area (Å²) in [5.74, 6) is 0.407. The van der Waals surface area contributed by atoms with Gasteiger partial charge in [-0.1, -0.05) is 24.3 Å². The zero-order valence-corrected chi connectivity index (χ0v) is 20.3. The molecule has 1 saturated heterocycles. The molecular weight excluding hydrogens is 404 g/mol. The number of carbonyl (C=O) groups excluding carboxylic acids is 2. The summed E-state index contributed by atoms with van der Waals surface area (Å²) in [7, 11) is 1.87. The Morgan fingerprint density at radius 3 is 2.66 bits per heavy atom. The van der Waals surface area contributed by atoms with Gasteiger partial charge in [0.25, 0.3) is 0 Å². The van der Waals surface area contributed by atoms with E-state index in [0.717, 1.165) is 44.6 Å². The average Bonchev–Trinajstić information content (AvgIpc) is 2.70. The smallest absolute Gasteiger partial charge is 0.240 e. The lowest BCUT2D eigenvalue weighted by atomic mass is 9.97. The summed E-state index contributed by atoms with van der Waals surface area (Å²) in [6.07, 6.45) is 1.88. The Labute approximate surface area is 192 Å². The Kier molecular flexibility index (Phi) is 9.50. The number of likely N-dealkylation sites (N-methyl/N-ethyl adjacent to an activating group) is 1. The third-order valence-electron chi connectivity index (χ3n) is 5.31. The number of nitrogens with zero attached hydrogens (tertiary/aromatic N) is 3. The lowest BCUT2D eigenvalue weighted by Gasteiger charge is -2.31. The van der Waals surface area contributed by atoms with Crippen molar-refractivity contribution in [3.05, 3.63) is 35.4 Å². The molecule has 0 spiro atoms. The summed E-state index contributed by atoms with van der Waals surface area (Å²) in [5.41, 5.74) is 7.55. The molecule has 2 amide bonds. The molecule has 1 unspecified atom stereocenters. The minimum Gasteiger partial charge on any atom is -0.369 e. The highest BCUT2D eigenvalue weighted by Gasteiger charge is 2.23. The molecule has 0 aromatic heterocycles. The van der Waals surface area contributed by atoms with Crippen molar-refractivity contribution < 1.29 is 9.59 Å². The molecule has 8 nitrogen and oxygen atoms in total. The quantitative estimate of drug-likeness (QED) is 0.418. The van der Waals surface area contributed by atoms with E-state index < -0.39 is 0 Å². The van der Waals surface area contributed by atoms with E-state index in [-0.39, 0.29) is 29.8 Å². The van der Waals surface area contributed by atoms with E-state index in [2.05, 4.69) is 33.7 Å². The van der Waals surface area contributed by atoms with Gasteiger partial charge in [0.15, 0.2) is 5.96 Å². The molecule has 4 N–H and O–H groups in total. The van der Waals surface area contributed by atoms with E-state index in [0.29, 0.717) is 12.5 Å². The first-order chi connectivity index (χ1) is 15.1. The van der Waals surface area contributed by atoms with Gasteiger partial charge in [0.2, 0.25) is 11.8 Å². The van der Waals surface area contributed by atoms with Crippen LogP contribution in [0.5, 0.6) is 0 Å². The van der Waals surface area contributed by atoms with Crippen LogP contribution < -0.4 is 16.4 Å². The first kappa shape index (κ1) is 25.6. The van der Waals surface area contributed by atoms with Crippen molar-refractivity contribution in [2.24, 2.45) is 16.6 Å². The lowest BCUT2D eigenvalue weighted by molar-refractivity contribution is -0.124. The summed E-state index contributed by atoms with van der Waals surface area (Å²) in [4.78, 5) is 32.7. The first-order valence-corrected chi connectivity index (χ1v) is 11.5. The normalized spacial score (nSPS) is 17.7. The van der Waals surface area contributed by atoms with E-state index in [1.807, 2.05) is 45.7 Å². The van der Waals surface area contributed by atoms with Gasteiger partial charge in [-0.3, -0.25) is 14.5 Å². The molecule has 1 aromatic rings. The molecule has 1 atom stereocenters. The van der Waals surface area contributed by atoms with Crippen LogP contribution in [0.1, 0.15) is 51.7 Å². The van der Waals surface area contributed by atoms with Crippen molar-refractivity contribution in [3.63, 3.8) is 0 Å². The van der Waals surface area contributed by atoms with Crippen molar-refractivity contribution in [1.29, 1.82) is 0 Å². The van der Waals surface area contributed by atoms with Crippen LogP contribution >= 0.6 is 0 Å². The molecule has 2 rings (SSSR count). The van der Waals surface area contributed by atoms with Crippen LogP contribution in [0.3, 0.4) is 0 Å². The zero-order valence-electron chi connectivity index (χ0n) is 20.3. The van der Waals surface area contributed by atoms with Gasteiger partial charge in [-0.2, -0.15) is 0 Å². The summed E-state index contributed by atoms with van der Waals surface area (Å²) in [6.45, 7) is 11.9. The summed E-state index contributed by atoms with van der Waals surface area (Å²) < 4.78 is 0. The van der Waals surface area contributed by atoms with Gasteiger partial charge in [0.05, 0.1) is 19.0 Å². The van der Waals surface area contributed by atoms with E-state index in [1.165, 1.54) is 5.56 Å². The number of nitrogens with one attached hydrogen (secondary N) is 2. The summed E-state index contributed by atoms with van der Waals surface area (Å²) in [6, 6.07) is 8.37. The predicted molar refractivity (Wildman–Crippen MR) is 129 cm³/mol. The number of piperidine rings is 1. The summed E-state index contributed by atoms with van der Waals surface area (Å²) in [5, 5.41) is 6.24. The number of amides is 2. The van der Waals surface area contributed by atoms with Crippen LogP contribution in [0, 0.1) is 5.92 Å². The Morgan fingerprint density at radius 2 is 2.00 bits per heavy atom. The minimum absolute atomic E-state index is 0.0385. The Balaban J connectivity index is 2.00. The fourth-order valence-corrected chi connectivity index (χ4v) is 3.90. The number of likely N-dealkylation sites (tertiary alicyclic amines) is 1.